The molecule has 0 bridgehead atoms. The number of hydrogen-bond acceptors (Lipinski definition) is 3. The number of halogens is 4. The Morgan fingerprint density at radius 2 is 1.93 bits per heavy atom. The van der Waals surface area contributed by atoms with E-state index in [0.717, 1.165) is 51.3 Å². The van der Waals surface area contributed by atoms with Gasteiger partial charge >= 0.3 is 6.18 Å². The number of unbranched alkanes of at least 4 members (excludes halogenated alkanes) is 1. The number of likely N-dealkylation sites (tertiary alicyclic amines) is 1. The van der Waals surface area contributed by atoms with Gasteiger partial charge in [0.2, 0.25) is 0 Å². The van der Waals surface area contributed by atoms with Crippen LogP contribution < -0.4 is 5.32 Å². The van der Waals surface area contributed by atoms with Gasteiger partial charge in [-0.2, -0.15) is 13.2 Å². The molecule has 0 aromatic heterocycles. The highest BCUT2D eigenvalue weighted by atomic mass is 127. The molecule has 1 N–H and O–H groups in total. The maximum absolute atomic E-state index is 12.1. The van der Waals surface area contributed by atoms with Crippen molar-refractivity contribution in [3.05, 3.63) is 0 Å². The Morgan fingerprint density at radius 1 is 1.19 bits per heavy atom. The highest BCUT2D eigenvalue weighted by Gasteiger charge is 2.26. The lowest BCUT2D eigenvalue weighted by Gasteiger charge is -2.35. The molecule has 0 aromatic rings. The average molecular weight is 507 g/mol. The quantitative estimate of drug-likeness (QED) is 0.245. The second-order valence-corrected chi connectivity index (χ2v) is 7.05. The first-order valence-corrected chi connectivity index (χ1v) is 9.73. The van der Waals surface area contributed by atoms with E-state index in [4.69, 9.17) is 9.47 Å². The minimum Gasteiger partial charge on any atom is -0.376 e. The minimum absolute atomic E-state index is 0. The maximum atomic E-state index is 12.1. The highest BCUT2D eigenvalue weighted by molar-refractivity contribution is 14.0. The topological polar surface area (TPSA) is 46.1 Å². The summed E-state index contributed by atoms with van der Waals surface area (Å²) in [5.74, 6) is 0.770. The van der Waals surface area contributed by atoms with Crippen LogP contribution in [0, 0.1) is 0 Å². The molecule has 0 amide bonds. The zero-order chi connectivity index (χ0) is 18.8. The molecule has 2 rings (SSSR count). The van der Waals surface area contributed by atoms with Crippen LogP contribution in [0.15, 0.2) is 4.99 Å². The van der Waals surface area contributed by atoms with Gasteiger partial charge in [0.25, 0.3) is 0 Å². The summed E-state index contributed by atoms with van der Waals surface area (Å²) in [5.41, 5.74) is 0. The lowest BCUT2D eigenvalue weighted by atomic mass is 10.1. The SMILES string of the molecule is CN=C(NCCCCC(F)(F)F)N1CCC(OCC2CCCCO2)CC1.I. The van der Waals surface area contributed by atoms with Crippen molar-refractivity contribution in [1.82, 2.24) is 10.2 Å². The Labute approximate surface area is 177 Å². The van der Waals surface area contributed by atoms with Gasteiger partial charge in [0.1, 0.15) is 0 Å². The number of piperidine rings is 1. The zero-order valence-corrected chi connectivity index (χ0v) is 18.4. The summed E-state index contributed by atoms with van der Waals surface area (Å²) < 4.78 is 48.1. The maximum Gasteiger partial charge on any atom is 0.389 e. The van der Waals surface area contributed by atoms with E-state index < -0.39 is 12.6 Å². The van der Waals surface area contributed by atoms with E-state index in [9.17, 15) is 13.2 Å². The van der Waals surface area contributed by atoms with Crippen LogP contribution in [0.25, 0.3) is 0 Å². The van der Waals surface area contributed by atoms with Gasteiger partial charge in [-0.15, -0.1) is 24.0 Å². The number of nitrogens with zero attached hydrogens (tertiary/aromatic N) is 2. The van der Waals surface area contributed by atoms with Crippen LogP contribution in [-0.4, -0.2) is 69.1 Å². The predicted molar refractivity (Wildman–Crippen MR) is 111 cm³/mol. The van der Waals surface area contributed by atoms with Crippen LogP contribution in [0.3, 0.4) is 0 Å². The van der Waals surface area contributed by atoms with Gasteiger partial charge in [-0.3, -0.25) is 4.99 Å². The van der Waals surface area contributed by atoms with Crippen LogP contribution >= 0.6 is 24.0 Å². The number of nitrogens with one attached hydrogen (secondary N) is 1. The molecular weight excluding hydrogens is 474 g/mol. The predicted octanol–water partition coefficient (Wildman–Crippen LogP) is 3.96. The standard InChI is InChI=1S/C18H32F3N3O2.HI/c1-22-17(23-10-4-3-9-18(19,20)21)24-11-7-15(8-12-24)26-14-16-6-2-5-13-25-16;/h15-16H,2-14H2,1H3,(H,22,23);1H. The summed E-state index contributed by atoms with van der Waals surface area (Å²) >= 11 is 0. The molecule has 2 aliphatic heterocycles. The minimum atomic E-state index is -4.06. The molecule has 0 radical (unpaired) electrons. The monoisotopic (exact) mass is 507 g/mol. The van der Waals surface area contributed by atoms with Gasteiger partial charge in [-0.05, 0) is 44.9 Å². The fourth-order valence-corrected chi connectivity index (χ4v) is 3.40. The molecular formula is C18H33F3IN3O2. The third kappa shape index (κ3) is 10.2. The Kier molecular flexibility index (Phi) is 11.9. The number of alkyl halides is 3. The van der Waals surface area contributed by atoms with Gasteiger partial charge in [-0.25, -0.2) is 0 Å². The van der Waals surface area contributed by atoms with Crippen LogP contribution in [0.5, 0.6) is 0 Å². The van der Waals surface area contributed by atoms with Crippen molar-refractivity contribution in [2.75, 3.05) is 39.9 Å². The summed E-state index contributed by atoms with van der Waals surface area (Å²) in [5, 5.41) is 3.17. The zero-order valence-electron chi connectivity index (χ0n) is 16.1. The second kappa shape index (κ2) is 13.0. The smallest absolute Gasteiger partial charge is 0.376 e. The summed E-state index contributed by atoms with van der Waals surface area (Å²) in [6.45, 7) is 3.73. The Bertz CT molecular complexity index is 425. The fraction of sp³-hybridized carbons (Fsp3) is 0.944. The number of hydrogen-bond donors (Lipinski definition) is 1. The summed E-state index contributed by atoms with van der Waals surface area (Å²) in [4.78, 5) is 6.40. The molecule has 27 heavy (non-hydrogen) atoms. The van der Waals surface area contributed by atoms with Crippen molar-refractivity contribution in [3.8, 4) is 0 Å². The van der Waals surface area contributed by atoms with Crippen molar-refractivity contribution in [2.24, 2.45) is 4.99 Å². The fourth-order valence-electron chi connectivity index (χ4n) is 3.40. The molecule has 9 heteroatoms. The Balaban J connectivity index is 0.00000364. The molecule has 0 saturated carbocycles. The van der Waals surface area contributed by atoms with E-state index in [1.54, 1.807) is 7.05 Å². The van der Waals surface area contributed by atoms with E-state index in [2.05, 4.69) is 15.2 Å². The van der Waals surface area contributed by atoms with Gasteiger partial charge in [0, 0.05) is 39.7 Å². The van der Waals surface area contributed by atoms with Crippen LogP contribution in [-0.2, 0) is 9.47 Å². The first kappa shape index (κ1) is 24.7. The molecule has 1 atom stereocenters. The molecule has 0 spiro atoms. The molecule has 2 aliphatic rings. The number of ether oxygens (including phenoxy) is 2. The van der Waals surface area contributed by atoms with Gasteiger partial charge in [0.05, 0.1) is 18.8 Å². The Morgan fingerprint density at radius 3 is 2.52 bits per heavy atom. The average Bonchev–Trinajstić information content (AvgIpc) is 2.63. The van der Waals surface area contributed by atoms with Gasteiger partial charge in [-0.1, -0.05) is 0 Å². The highest BCUT2D eigenvalue weighted by Crippen LogP contribution is 2.22. The third-order valence-electron chi connectivity index (χ3n) is 4.92. The van der Waals surface area contributed by atoms with Crippen molar-refractivity contribution >= 4 is 29.9 Å². The second-order valence-electron chi connectivity index (χ2n) is 7.05. The number of rotatable bonds is 7. The van der Waals surface area contributed by atoms with E-state index >= 15 is 0 Å². The first-order chi connectivity index (χ1) is 12.5. The molecule has 0 aliphatic carbocycles. The summed E-state index contributed by atoms with van der Waals surface area (Å²) in [6.07, 6.45) is 1.66. The summed E-state index contributed by atoms with van der Waals surface area (Å²) in [7, 11) is 1.71. The van der Waals surface area contributed by atoms with E-state index in [0.29, 0.717) is 19.6 Å². The van der Waals surface area contributed by atoms with Crippen molar-refractivity contribution in [2.45, 2.75) is 69.8 Å². The lowest BCUT2D eigenvalue weighted by molar-refractivity contribution is -0.135. The van der Waals surface area contributed by atoms with Crippen LogP contribution in [0.1, 0.15) is 51.4 Å². The van der Waals surface area contributed by atoms with Crippen molar-refractivity contribution in [3.63, 3.8) is 0 Å². The Hall–Kier alpha value is -0.290. The van der Waals surface area contributed by atoms with Crippen LogP contribution in [0.4, 0.5) is 13.2 Å². The molecule has 1 unspecified atom stereocenters. The molecule has 2 heterocycles. The van der Waals surface area contributed by atoms with E-state index in [-0.39, 0.29) is 42.6 Å². The lowest BCUT2D eigenvalue weighted by Crippen LogP contribution is -2.47. The number of guanidine groups is 1. The molecule has 2 fully saturated rings. The third-order valence-corrected chi connectivity index (χ3v) is 4.92. The first-order valence-electron chi connectivity index (χ1n) is 9.73. The van der Waals surface area contributed by atoms with Crippen molar-refractivity contribution < 1.29 is 22.6 Å². The molecule has 0 aromatic carbocycles. The summed E-state index contributed by atoms with van der Waals surface area (Å²) in [6, 6.07) is 0. The van der Waals surface area contributed by atoms with Crippen molar-refractivity contribution in [1.29, 1.82) is 0 Å². The van der Waals surface area contributed by atoms with E-state index in [1.165, 1.54) is 6.42 Å². The normalized spacial score (nSPS) is 22.4. The largest absolute Gasteiger partial charge is 0.389 e. The number of aliphatic imine (C=N–C) groups is 1. The van der Waals surface area contributed by atoms with Crippen LogP contribution in [0.2, 0.25) is 0 Å². The molecule has 160 valence electrons. The van der Waals surface area contributed by atoms with Gasteiger partial charge < -0.3 is 19.7 Å². The molecule has 5 nitrogen and oxygen atoms in total. The van der Waals surface area contributed by atoms with E-state index in [1.807, 2.05) is 0 Å². The molecule has 2 saturated heterocycles. The van der Waals surface area contributed by atoms with Gasteiger partial charge in [0.15, 0.2) is 5.96 Å².